The molecule has 0 spiro atoms. The minimum atomic E-state index is -0.573. The lowest BCUT2D eigenvalue weighted by Crippen LogP contribution is -2.45. The standard InChI is InChI=1S/C19H21ClFN3O3/c1-11-7-13-15(9-24(11)18(25)27-19(2,3)4)22-10-23-17(13)26-16-6-5-12(21)8-14(16)20/h5-6,8,10-11H,7,9H2,1-4H3. The van der Waals surface area contributed by atoms with E-state index >= 15 is 0 Å². The highest BCUT2D eigenvalue weighted by Gasteiger charge is 2.33. The minimum Gasteiger partial charge on any atom is -0.444 e. The van der Waals surface area contributed by atoms with Crippen molar-refractivity contribution in [3.05, 3.63) is 46.6 Å². The van der Waals surface area contributed by atoms with Gasteiger partial charge >= 0.3 is 6.09 Å². The van der Waals surface area contributed by atoms with Gasteiger partial charge in [-0.2, -0.15) is 0 Å². The summed E-state index contributed by atoms with van der Waals surface area (Å²) >= 11 is 6.04. The molecule has 0 radical (unpaired) electrons. The second-order valence-electron chi connectivity index (χ2n) is 7.44. The van der Waals surface area contributed by atoms with Gasteiger partial charge in [0, 0.05) is 11.6 Å². The summed E-state index contributed by atoms with van der Waals surface area (Å²) in [5, 5.41) is 0.154. The Hall–Kier alpha value is -2.41. The lowest BCUT2D eigenvalue weighted by atomic mass is 10.00. The molecular weight excluding hydrogens is 373 g/mol. The summed E-state index contributed by atoms with van der Waals surface area (Å²) in [5.41, 5.74) is 0.906. The van der Waals surface area contributed by atoms with Crippen molar-refractivity contribution in [1.82, 2.24) is 14.9 Å². The average Bonchev–Trinajstić information content (AvgIpc) is 2.55. The molecule has 144 valence electrons. The summed E-state index contributed by atoms with van der Waals surface area (Å²) in [6.07, 6.45) is 1.49. The molecule has 1 atom stereocenters. The first-order chi connectivity index (χ1) is 12.6. The van der Waals surface area contributed by atoms with E-state index in [-0.39, 0.29) is 17.2 Å². The van der Waals surface area contributed by atoms with Crippen molar-refractivity contribution in [2.45, 2.75) is 52.3 Å². The Bertz CT molecular complexity index is 870. The van der Waals surface area contributed by atoms with Crippen LogP contribution in [-0.4, -0.2) is 32.6 Å². The Kier molecular flexibility index (Phi) is 5.24. The first-order valence-electron chi connectivity index (χ1n) is 8.59. The van der Waals surface area contributed by atoms with Crippen LogP contribution < -0.4 is 4.74 Å². The molecule has 1 aromatic heterocycles. The molecule has 0 bridgehead atoms. The second-order valence-corrected chi connectivity index (χ2v) is 7.85. The number of benzene rings is 1. The molecule has 1 aromatic carbocycles. The van der Waals surface area contributed by atoms with Gasteiger partial charge < -0.3 is 9.47 Å². The molecule has 1 aliphatic heterocycles. The van der Waals surface area contributed by atoms with E-state index in [0.29, 0.717) is 30.3 Å². The molecule has 0 saturated heterocycles. The molecular formula is C19H21ClFN3O3. The van der Waals surface area contributed by atoms with Crippen LogP contribution in [-0.2, 0) is 17.7 Å². The number of hydrogen-bond donors (Lipinski definition) is 0. The minimum absolute atomic E-state index is 0.121. The zero-order chi connectivity index (χ0) is 19.8. The summed E-state index contributed by atoms with van der Waals surface area (Å²) in [4.78, 5) is 22.6. The van der Waals surface area contributed by atoms with Crippen LogP contribution in [0.2, 0.25) is 5.02 Å². The summed E-state index contributed by atoms with van der Waals surface area (Å²) in [6.45, 7) is 7.70. The predicted octanol–water partition coefficient (Wildman–Crippen LogP) is 4.74. The SMILES string of the molecule is CC1Cc2c(ncnc2Oc2ccc(F)cc2Cl)CN1C(=O)OC(C)(C)C. The quantitative estimate of drug-likeness (QED) is 0.737. The number of carbonyl (C=O) groups is 1. The Morgan fingerprint density at radius 1 is 1.33 bits per heavy atom. The van der Waals surface area contributed by atoms with Gasteiger partial charge in [-0.1, -0.05) is 11.6 Å². The number of nitrogens with zero attached hydrogens (tertiary/aromatic N) is 3. The van der Waals surface area contributed by atoms with E-state index in [4.69, 9.17) is 21.1 Å². The third kappa shape index (κ3) is 4.47. The number of carbonyl (C=O) groups excluding carboxylic acids is 1. The molecule has 0 saturated carbocycles. The molecule has 0 aliphatic carbocycles. The number of rotatable bonds is 2. The van der Waals surface area contributed by atoms with Crippen molar-refractivity contribution < 1.29 is 18.7 Å². The highest BCUT2D eigenvalue weighted by molar-refractivity contribution is 6.32. The average molecular weight is 394 g/mol. The van der Waals surface area contributed by atoms with Crippen LogP contribution in [0.1, 0.15) is 39.0 Å². The Morgan fingerprint density at radius 3 is 2.74 bits per heavy atom. The van der Waals surface area contributed by atoms with E-state index in [2.05, 4.69) is 9.97 Å². The third-order valence-corrected chi connectivity index (χ3v) is 4.37. The maximum atomic E-state index is 13.2. The van der Waals surface area contributed by atoms with Gasteiger partial charge in [0.15, 0.2) is 0 Å². The van der Waals surface area contributed by atoms with E-state index < -0.39 is 11.4 Å². The van der Waals surface area contributed by atoms with Gasteiger partial charge in [-0.3, -0.25) is 4.90 Å². The van der Waals surface area contributed by atoms with E-state index in [1.165, 1.54) is 24.5 Å². The maximum Gasteiger partial charge on any atom is 0.410 e. The van der Waals surface area contributed by atoms with Crippen molar-refractivity contribution in [3.8, 4) is 11.6 Å². The molecule has 1 unspecified atom stereocenters. The fourth-order valence-corrected chi connectivity index (χ4v) is 3.02. The van der Waals surface area contributed by atoms with Gasteiger partial charge in [0.05, 0.1) is 17.3 Å². The molecule has 1 amide bonds. The van der Waals surface area contributed by atoms with Crippen LogP contribution in [0.5, 0.6) is 11.6 Å². The highest BCUT2D eigenvalue weighted by Crippen LogP contribution is 2.34. The van der Waals surface area contributed by atoms with Crippen LogP contribution in [0.4, 0.5) is 9.18 Å². The van der Waals surface area contributed by atoms with Gasteiger partial charge in [-0.05, 0) is 52.3 Å². The summed E-state index contributed by atoms with van der Waals surface area (Å²) in [5.74, 6) is 0.212. The van der Waals surface area contributed by atoms with Crippen molar-refractivity contribution in [3.63, 3.8) is 0 Å². The molecule has 8 heteroatoms. The highest BCUT2D eigenvalue weighted by atomic mass is 35.5. The van der Waals surface area contributed by atoms with E-state index in [1.54, 1.807) is 4.90 Å². The zero-order valence-corrected chi connectivity index (χ0v) is 16.4. The maximum absolute atomic E-state index is 13.2. The summed E-state index contributed by atoms with van der Waals surface area (Å²) in [7, 11) is 0. The number of amides is 1. The molecule has 3 rings (SSSR count). The van der Waals surface area contributed by atoms with Gasteiger partial charge in [0.2, 0.25) is 5.88 Å². The number of ether oxygens (including phenoxy) is 2. The molecule has 27 heavy (non-hydrogen) atoms. The lowest BCUT2D eigenvalue weighted by Gasteiger charge is -2.35. The molecule has 1 aliphatic rings. The molecule has 2 aromatic rings. The normalized spacial score (nSPS) is 16.7. The second kappa shape index (κ2) is 7.31. The monoisotopic (exact) mass is 393 g/mol. The number of hydrogen-bond acceptors (Lipinski definition) is 5. The topological polar surface area (TPSA) is 64.6 Å². The first-order valence-corrected chi connectivity index (χ1v) is 8.97. The van der Waals surface area contributed by atoms with Gasteiger partial charge in [-0.25, -0.2) is 19.2 Å². The van der Waals surface area contributed by atoms with Crippen LogP contribution in [0.15, 0.2) is 24.5 Å². The smallest absolute Gasteiger partial charge is 0.410 e. The summed E-state index contributed by atoms with van der Waals surface area (Å²) in [6, 6.07) is 3.77. The number of fused-ring (bicyclic) bond motifs is 1. The van der Waals surface area contributed by atoms with Gasteiger partial charge in [0.25, 0.3) is 0 Å². The van der Waals surface area contributed by atoms with Gasteiger partial charge in [-0.15, -0.1) is 0 Å². The van der Waals surface area contributed by atoms with Crippen LogP contribution in [0.25, 0.3) is 0 Å². The largest absolute Gasteiger partial charge is 0.444 e. The summed E-state index contributed by atoms with van der Waals surface area (Å²) < 4.78 is 24.5. The fraction of sp³-hybridized carbons (Fsp3) is 0.421. The Labute approximate surface area is 162 Å². The molecule has 0 fully saturated rings. The van der Waals surface area contributed by atoms with Gasteiger partial charge in [0.1, 0.15) is 23.5 Å². The zero-order valence-electron chi connectivity index (χ0n) is 15.6. The fourth-order valence-electron chi connectivity index (χ4n) is 2.81. The Morgan fingerprint density at radius 2 is 2.07 bits per heavy atom. The first kappa shape index (κ1) is 19.4. The number of halogens is 2. The van der Waals surface area contributed by atoms with E-state index in [1.807, 2.05) is 27.7 Å². The van der Waals surface area contributed by atoms with Crippen molar-refractivity contribution in [2.24, 2.45) is 0 Å². The predicted molar refractivity (Wildman–Crippen MR) is 98.5 cm³/mol. The van der Waals surface area contributed by atoms with Crippen LogP contribution in [0.3, 0.4) is 0 Å². The van der Waals surface area contributed by atoms with Crippen molar-refractivity contribution in [1.29, 1.82) is 0 Å². The third-order valence-electron chi connectivity index (χ3n) is 4.08. The lowest BCUT2D eigenvalue weighted by molar-refractivity contribution is 0.0133. The van der Waals surface area contributed by atoms with E-state index in [0.717, 1.165) is 5.56 Å². The van der Waals surface area contributed by atoms with Crippen molar-refractivity contribution >= 4 is 17.7 Å². The van der Waals surface area contributed by atoms with Crippen LogP contribution >= 0.6 is 11.6 Å². The van der Waals surface area contributed by atoms with Crippen LogP contribution in [0, 0.1) is 5.82 Å². The molecule has 0 N–H and O–H groups in total. The van der Waals surface area contributed by atoms with Crippen molar-refractivity contribution in [2.75, 3.05) is 0 Å². The molecule has 2 heterocycles. The Balaban J connectivity index is 1.85. The number of aromatic nitrogens is 2. The van der Waals surface area contributed by atoms with E-state index in [9.17, 15) is 9.18 Å². The molecule has 6 nitrogen and oxygen atoms in total.